The number of nitrogens with two attached hydrogens (primary N) is 1. The molecule has 0 spiro atoms. The molecule has 17 heavy (non-hydrogen) atoms. The molecule has 1 rings (SSSR count). The Labute approximate surface area is 126 Å². The van der Waals surface area contributed by atoms with Crippen molar-refractivity contribution in [3.8, 4) is 0 Å². The Morgan fingerprint density at radius 1 is 1.35 bits per heavy atom. The molecule has 1 aromatic carbocycles. The quantitative estimate of drug-likeness (QED) is 0.760. The Kier molecular flexibility index (Phi) is 6.12. The third kappa shape index (κ3) is 4.69. The molecular weight excluding hydrogens is 416 g/mol. The zero-order valence-electron chi connectivity index (χ0n) is 9.27. The van der Waals surface area contributed by atoms with Gasteiger partial charge in [0.05, 0.1) is 5.69 Å². The van der Waals surface area contributed by atoms with E-state index in [1.807, 2.05) is 19.1 Å². The van der Waals surface area contributed by atoms with Gasteiger partial charge in [0.1, 0.15) is 0 Å². The molecule has 3 N–H and O–H groups in total. The number of rotatable bonds is 4. The second-order valence-corrected chi connectivity index (χ2v) is 6.29. The van der Waals surface area contributed by atoms with Crippen LogP contribution in [-0.2, 0) is 4.79 Å². The maximum atomic E-state index is 11.7. The summed E-state index contributed by atoms with van der Waals surface area (Å²) < 4.78 is 2.56. The van der Waals surface area contributed by atoms with E-state index in [-0.39, 0.29) is 11.9 Å². The van der Waals surface area contributed by atoms with Crippen molar-refractivity contribution < 1.29 is 4.79 Å². The number of carbonyl (C=O) groups is 1. The summed E-state index contributed by atoms with van der Waals surface area (Å²) in [5, 5.41) is 2.84. The molecular formula is C11H13Br3N2O. The van der Waals surface area contributed by atoms with Crippen molar-refractivity contribution >= 4 is 59.4 Å². The van der Waals surface area contributed by atoms with Gasteiger partial charge in [0.15, 0.2) is 0 Å². The first-order chi connectivity index (χ1) is 7.93. The molecule has 94 valence electrons. The Hall–Kier alpha value is 0.0900. The number of amides is 1. The van der Waals surface area contributed by atoms with Gasteiger partial charge in [0.25, 0.3) is 0 Å². The number of halogens is 3. The summed E-state index contributed by atoms with van der Waals surface area (Å²) in [7, 11) is 0. The highest BCUT2D eigenvalue weighted by Crippen LogP contribution is 2.34. The summed E-state index contributed by atoms with van der Waals surface area (Å²) in [6.07, 6.45) is 1.11. The van der Waals surface area contributed by atoms with Gasteiger partial charge in [0, 0.05) is 25.9 Å². The molecule has 0 heterocycles. The summed E-state index contributed by atoms with van der Waals surface area (Å²) in [6.45, 7) is 1.96. The average Bonchev–Trinajstić information content (AvgIpc) is 2.23. The lowest BCUT2D eigenvalue weighted by Gasteiger charge is -2.12. The first kappa shape index (κ1) is 15.1. The lowest BCUT2D eigenvalue weighted by molar-refractivity contribution is -0.116. The lowest BCUT2D eigenvalue weighted by Crippen LogP contribution is -2.26. The number of benzene rings is 1. The molecule has 0 saturated heterocycles. The number of hydrogen-bond donors (Lipinski definition) is 2. The number of nitrogens with one attached hydrogen (secondary N) is 1. The SMILES string of the molecule is CCC(N)CC(=O)Nc1c(Br)cc(Br)cc1Br. The van der Waals surface area contributed by atoms with Crippen LogP contribution < -0.4 is 11.1 Å². The first-order valence-electron chi connectivity index (χ1n) is 5.14. The molecule has 3 nitrogen and oxygen atoms in total. The van der Waals surface area contributed by atoms with Gasteiger partial charge in [0.2, 0.25) is 5.91 Å². The lowest BCUT2D eigenvalue weighted by atomic mass is 10.1. The Balaban J connectivity index is 2.78. The number of anilines is 1. The molecule has 0 aliphatic carbocycles. The molecule has 0 aliphatic heterocycles. The molecule has 0 fully saturated rings. The highest BCUT2D eigenvalue weighted by atomic mass is 79.9. The van der Waals surface area contributed by atoms with Crippen molar-refractivity contribution in [2.75, 3.05) is 5.32 Å². The summed E-state index contributed by atoms with van der Waals surface area (Å²) in [5.74, 6) is -0.0805. The molecule has 1 unspecified atom stereocenters. The molecule has 0 aliphatic rings. The normalized spacial score (nSPS) is 12.3. The van der Waals surface area contributed by atoms with Gasteiger partial charge >= 0.3 is 0 Å². The number of hydrogen-bond acceptors (Lipinski definition) is 2. The van der Waals surface area contributed by atoms with E-state index < -0.39 is 0 Å². The van der Waals surface area contributed by atoms with Crippen LogP contribution in [0.5, 0.6) is 0 Å². The fraction of sp³-hybridized carbons (Fsp3) is 0.364. The van der Waals surface area contributed by atoms with Gasteiger partial charge < -0.3 is 11.1 Å². The van der Waals surface area contributed by atoms with Crippen LogP contribution in [0.15, 0.2) is 25.6 Å². The molecule has 0 bridgehead atoms. The van der Waals surface area contributed by atoms with Crippen LogP contribution >= 0.6 is 47.8 Å². The molecule has 0 radical (unpaired) electrons. The summed E-state index contributed by atoms with van der Waals surface area (Å²) >= 11 is 10.2. The minimum Gasteiger partial charge on any atom is -0.327 e. The first-order valence-corrected chi connectivity index (χ1v) is 7.52. The summed E-state index contributed by atoms with van der Waals surface area (Å²) in [5.41, 5.74) is 6.46. The van der Waals surface area contributed by atoms with Crippen LogP contribution in [0.25, 0.3) is 0 Å². The third-order valence-corrected chi connectivity index (χ3v) is 3.95. The van der Waals surface area contributed by atoms with Gasteiger partial charge in [-0.1, -0.05) is 22.9 Å². The number of carbonyl (C=O) groups excluding carboxylic acids is 1. The second-order valence-electron chi connectivity index (χ2n) is 3.67. The van der Waals surface area contributed by atoms with Crippen LogP contribution in [0.3, 0.4) is 0 Å². The molecule has 1 amide bonds. The third-order valence-electron chi connectivity index (χ3n) is 2.24. The van der Waals surface area contributed by atoms with Crippen molar-refractivity contribution in [1.82, 2.24) is 0 Å². The Morgan fingerprint density at radius 3 is 2.35 bits per heavy atom. The van der Waals surface area contributed by atoms with E-state index in [1.54, 1.807) is 0 Å². The highest BCUT2D eigenvalue weighted by Gasteiger charge is 2.12. The highest BCUT2D eigenvalue weighted by molar-refractivity contribution is 9.11. The molecule has 1 aromatic rings. The molecule has 0 aromatic heterocycles. The van der Waals surface area contributed by atoms with Crippen molar-refractivity contribution in [2.24, 2.45) is 5.73 Å². The van der Waals surface area contributed by atoms with Crippen LogP contribution in [-0.4, -0.2) is 11.9 Å². The minimum atomic E-state index is -0.0944. The predicted molar refractivity (Wildman–Crippen MR) is 81.1 cm³/mol. The van der Waals surface area contributed by atoms with Gasteiger partial charge in [-0.15, -0.1) is 0 Å². The van der Waals surface area contributed by atoms with E-state index in [0.29, 0.717) is 6.42 Å². The van der Waals surface area contributed by atoms with Crippen LogP contribution in [0.1, 0.15) is 19.8 Å². The largest absolute Gasteiger partial charge is 0.327 e. The van der Waals surface area contributed by atoms with Crippen LogP contribution in [0, 0.1) is 0 Å². The van der Waals surface area contributed by atoms with Gasteiger partial charge in [-0.3, -0.25) is 4.79 Å². The van der Waals surface area contributed by atoms with E-state index in [1.165, 1.54) is 0 Å². The Morgan fingerprint density at radius 2 is 1.88 bits per heavy atom. The fourth-order valence-electron chi connectivity index (χ4n) is 1.23. The molecule has 6 heteroatoms. The van der Waals surface area contributed by atoms with Crippen LogP contribution in [0.4, 0.5) is 5.69 Å². The van der Waals surface area contributed by atoms with E-state index >= 15 is 0 Å². The van der Waals surface area contributed by atoms with Gasteiger partial charge in [-0.25, -0.2) is 0 Å². The van der Waals surface area contributed by atoms with Gasteiger partial charge in [-0.2, -0.15) is 0 Å². The molecule has 0 saturated carbocycles. The summed E-state index contributed by atoms with van der Waals surface area (Å²) in [6, 6.07) is 3.66. The minimum absolute atomic E-state index is 0.0805. The van der Waals surface area contributed by atoms with Crippen LogP contribution in [0.2, 0.25) is 0 Å². The second kappa shape index (κ2) is 6.87. The van der Waals surface area contributed by atoms with Gasteiger partial charge in [-0.05, 0) is 50.4 Å². The fourth-order valence-corrected chi connectivity index (χ4v) is 3.69. The topological polar surface area (TPSA) is 55.1 Å². The standard InChI is InChI=1S/C11H13Br3N2O/c1-2-7(15)5-10(17)16-11-8(13)3-6(12)4-9(11)14/h3-4,7H,2,5,15H2,1H3,(H,16,17). The van der Waals surface area contributed by atoms with Crippen molar-refractivity contribution in [2.45, 2.75) is 25.8 Å². The zero-order valence-corrected chi connectivity index (χ0v) is 14.0. The van der Waals surface area contributed by atoms with Crippen molar-refractivity contribution in [1.29, 1.82) is 0 Å². The Bertz CT molecular complexity index is 400. The maximum absolute atomic E-state index is 11.7. The van der Waals surface area contributed by atoms with E-state index in [9.17, 15) is 4.79 Å². The van der Waals surface area contributed by atoms with E-state index in [0.717, 1.165) is 25.5 Å². The molecule has 1 atom stereocenters. The van der Waals surface area contributed by atoms with E-state index in [4.69, 9.17) is 5.73 Å². The smallest absolute Gasteiger partial charge is 0.225 e. The zero-order chi connectivity index (χ0) is 13.0. The average molecular weight is 429 g/mol. The monoisotopic (exact) mass is 426 g/mol. The van der Waals surface area contributed by atoms with E-state index in [2.05, 4.69) is 53.1 Å². The predicted octanol–water partition coefficient (Wildman–Crippen LogP) is 4.04. The van der Waals surface area contributed by atoms with Crippen molar-refractivity contribution in [3.63, 3.8) is 0 Å². The maximum Gasteiger partial charge on any atom is 0.225 e. The summed E-state index contributed by atoms with van der Waals surface area (Å²) in [4.78, 5) is 11.7. The van der Waals surface area contributed by atoms with Crippen molar-refractivity contribution in [3.05, 3.63) is 25.6 Å².